The average molecular weight is 492 g/mol. The van der Waals surface area contributed by atoms with Gasteiger partial charge in [0.1, 0.15) is 22.0 Å². The Morgan fingerprint density at radius 2 is 1.41 bits per heavy atom. The van der Waals surface area contributed by atoms with E-state index < -0.39 is 50.3 Å². The molecule has 0 spiro atoms. The van der Waals surface area contributed by atoms with Crippen LogP contribution in [0.4, 0.5) is 0 Å². The van der Waals surface area contributed by atoms with Gasteiger partial charge in [0.05, 0.1) is 5.97 Å². The molecule has 0 fully saturated rings. The van der Waals surface area contributed by atoms with Crippen molar-refractivity contribution >= 4 is 22.1 Å². The second-order valence-electron chi connectivity index (χ2n) is 7.69. The van der Waals surface area contributed by atoms with Gasteiger partial charge in [-0.1, -0.05) is 18.2 Å². The maximum absolute atomic E-state index is 13.0. The van der Waals surface area contributed by atoms with E-state index in [1.165, 1.54) is 44.2 Å². The zero-order chi connectivity index (χ0) is 24.3. The summed E-state index contributed by atoms with van der Waals surface area (Å²) in [7, 11) is -4.36. The molecule has 1 aliphatic heterocycles. The predicted octanol–water partition coefficient (Wildman–Crippen LogP) is -1.21. The van der Waals surface area contributed by atoms with Gasteiger partial charge in [0, 0.05) is 11.1 Å². The molecule has 1 unspecified atom stereocenters. The van der Waals surface area contributed by atoms with E-state index in [-0.39, 0.29) is 62.3 Å². The van der Waals surface area contributed by atoms with Gasteiger partial charge in [0.25, 0.3) is 10.1 Å². The minimum atomic E-state index is -4.36. The van der Waals surface area contributed by atoms with Gasteiger partial charge in [-0.25, -0.2) is 8.98 Å². The standard InChI is InChI=1S/C23H18O9S.Na/c1-11-7-13(9-15(19(11)24)21(26)27)23(14-8-12(2)20(25)16(10-14)22(28)29)17-5-3-4-6-18(17)33(30,31)32-23;/h3-10,24-25H,1-2H3,(H,26,27)(H,28,29);/q;+1/p-1. The maximum atomic E-state index is 13.0. The normalized spacial score (nSPS) is 18.1. The minimum Gasteiger partial charge on any atom is -0.545 e. The van der Waals surface area contributed by atoms with Crippen LogP contribution in [0.5, 0.6) is 11.5 Å². The third-order valence-corrected chi connectivity index (χ3v) is 7.00. The molecular weight excluding hydrogens is 475 g/mol. The molecule has 0 saturated carbocycles. The molecule has 1 atom stereocenters. The second-order valence-corrected chi connectivity index (χ2v) is 9.20. The van der Waals surface area contributed by atoms with Crippen LogP contribution in [0.3, 0.4) is 0 Å². The molecule has 0 saturated heterocycles. The number of rotatable bonds is 4. The fourth-order valence-electron chi connectivity index (χ4n) is 4.09. The summed E-state index contributed by atoms with van der Waals surface area (Å²) in [4.78, 5) is 23.2. The Morgan fingerprint density at radius 1 is 0.912 bits per heavy atom. The van der Waals surface area contributed by atoms with Crippen LogP contribution >= 0.6 is 0 Å². The van der Waals surface area contributed by atoms with Gasteiger partial charge < -0.3 is 25.2 Å². The van der Waals surface area contributed by atoms with Crippen LogP contribution in [0.25, 0.3) is 0 Å². The zero-order valence-corrected chi connectivity index (χ0v) is 21.1. The van der Waals surface area contributed by atoms with Crippen LogP contribution in [0.2, 0.25) is 0 Å². The van der Waals surface area contributed by atoms with Crippen LogP contribution in [0, 0.1) is 13.8 Å². The molecule has 0 bridgehead atoms. The van der Waals surface area contributed by atoms with Crippen molar-refractivity contribution in [1.82, 2.24) is 0 Å². The first-order chi connectivity index (χ1) is 15.4. The molecule has 4 rings (SSSR count). The molecule has 1 aliphatic rings. The van der Waals surface area contributed by atoms with Crippen molar-refractivity contribution < 1.29 is 72.2 Å². The summed E-state index contributed by atoms with van der Waals surface area (Å²) >= 11 is 0. The van der Waals surface area contributed by atoms with E-state index in [1.807, 2.05) is 0 Å². The second kappa shape index (κ2) is 8.71. The fraction of sp³-hybridized carbons (Fsp3) is 0.130. The first kappa shape index (κ1) is 25.7. The molecule has 11 heteroatoms. The topological polar surface area (TPSA) is 161 Å². The number of aromatic hydroxyl groups is 2. The Hall–Kier alpha value is -2.89. The summed E-state index contributed by atoms with van der Waals surface area (Å²) in [5.41, 5.74) is -2.71. The Balaban J connectivity index is 0.00000324. The number of hydrogen-bond acceptors (Lipinski definition) is 8. The van der Waals surface area contributed by atoms with Crippen molar-refractivity contribution in [3.63, 3.8) is 0 Å². The predicted molar refractivity (Wildman–Crippen MR) is 112 cm³/mol. The van der Waals surface area contributed by atoms with Gasteiger partial charge in [0.2, 0.25) is 0 Å². The molecule has 3 aromatic carbocycles. The number of aryl methyl sites for hydroxylation is 2. The van der Waals surface area contributed by atoms with Gasteiger partial charge in [-0.2, -0.15) is 8.42 Å². The van der Waals surface area contributed by atoms with E-state index in [0.29, 0.717) is 0 Å². The maximum Gasteiger partial charge on any atom is 1.00 e. The van der Waals surface area contributed by atoms with Gasteiger partial charge in [-0.05, 0) is 66.4 Å². The summed E-state index contributed by atoms with van der Waals surface area (Å²) in [5.74, 6) is -4.22. The number of fused-ring (bicyclic) bond motifs is 1. The summed E-state index contributed by atoms with van der Waals surface area (Å²) < 4.78 is 31.6. The number of carboxylic acids is 2. The van der Waals surface area contributed by atoms with Crippen LogP contribution in [0.1, 0.15) is 48.5 Å². The molecular formula is C23H17NaO9S. The molecule has 0 aromatic heterocycles. The van der Waals surface area contributed by atoms with Crippen molar-refractivity contribution in [3.05, 3.63) is 87.5 Å². The minimum absolute atomic E-state index is 0. The van der Waals surface area contributed by atoms with Crippen LogP contribution in [-0.4, -0.2) is 35.7 Å². The van der Waals surface area contributed by atoms with E-state index in [2.05, 4.69) is 0 Å². The first-order valence-corrected chi connectivity index (χ1v) is 11.0. The Bertz CT molecular complexity index is 1390. The van der Waals surface area contributed by atoms with E-state index in [4.69, 9.17) is 4.18 Å². The smallest absolute Gasteiger partial charge is 0.545 e. The van der Waals surface area contributed by atoms with Gasteiger partial charge in [0.15, 0.2) is 5.60 Å². The zero-order valence-electron chi connectivity index (χ0n) is 18.3. The Morgan fingerprint density at radius 3 is 1.94 bits per heavy atom. The van der Waals surface area contributed by atoms with Gasteiger partial charge in [-0.15, -0.1) is 0 Å². The van der Waals surface area contributed by atoms with Gasteiger partial charge in [-0.3, -0.25) is 0 Å². The molecule has 0 amide bonds. The first-order valence-electron chi connectivity index (χ1n) is 9.58. The average Bonchev–Trinajstić information content (AvgIpc) is 3.00. The SMILES string of the molecule is Cc1cc(C2(c3cc(C)c(O)c(C(=O)O)c3)OS(=O)(=O)c3ccccc32)cc(C(=O)[O-])c1O.[Na+]. The number of carboxylic acid groups (broad SMARTS) is 2. The molecule has 3 aromatic rings. The van der Waals surface area contributed by atoms with Crippen LogP contribution in [0.15, 0.2) is 53.4 Å². The third-order valence-electron chi connectivity index (χ3n) is 5.63. The molecule has 34 heavy (non-hydrogen) atoms. The Labute approximate surface area is 216 Å². The monoisotopic (exact) mass is 492 g/mol. The van der Waals surface area contributed by atoms with E-state index >= 15 is 0 Å². The number of phenols is 2. The van der Waals surface area contributed by atoms with Crippen molar-refractivity contribution in [2.75, 3.05) is 0 Å². The van der Waals surface area contributed by atoms with E-state index in [9.17, 15) is 38.4 Å². The molecule has 0 aliphatic carbocycles. The molecule has 0 radical (unpaired) electrons. The fourth-order valence-corrected chi connectivity index (χ4v) is 5.52. The molecule has 3 N–H and O–H groups in total. The number of carbonyl (C=O) groups is 2. The number of benzene rings is 3. The quantitative estimate of drug-likeness (QED) is 0.300. The van der Waals surface area contributed by atoms with Crippen molar-refractivity contribution in [3.8, 4) is 11.5 Å². The summed E-state index contributed by atoms with van der Waals surface area (Å²) in [6.07, 6.45) is 0. The van der Waals surface area contributed by atoms with Crippen LogP contribution in [-0.2, 0) is 19.9 Å². The Kier molecular flexibility index (Phi) is 6.59. The summed E-state index contributed by atoms with van der Waals surface area (Å²) in [5, 5.41) is 41.6. The van der Waals surface area contributed by atoms with Crippen molar-refractivity contribution in [1.29, 1.82) is 0 Å². The van der Waals surface area contributed by atoms with E-state index in [1.54, 1.807) is 6.07 Å². The molecule has 1 heterocycles. The third kappa shape index (κ3) is 3.77. The van der Waals surface area contributed by atoms with Crippen molar-refractivity contribution in [2.24, 2.45) is 0 Å². The molecule has 170 valence electrons. The molecule has 9 nitrogen and oxygen atoms in total. The van der Waals surface area contributed by atoms with Crippen LogP contribution < -0.4 is 34.7 Å². The van der Waals surface area contributed by atoms with Crippen molar-refractivity contribution in [2.45, 2.75) is 24.3 Å². The number of aromatic carboxylic acids is 2. The summed E-state index contributed by atoms with van der Waals surface area (Å²) in [6.45, 7) is 2.85. The number of hydrogen-bond donors (Lipinski definition) is 3. The largest absolute Gasteiger partial charge is 1.00 e. The van der Waals surface area contributed by atoms with E-state index in [0.717, 1.165) is 12.1 Å². The summed E-state index contributed by atoms with van der Waals surface area (Å²) in [6, 6.07) is 10.6. The van der Waals surface area contributed by atoms with Gasteiger partial charge >= 0.3 is 35.5 Å². The number of carbonyl (C=O) groups excluding carboxylic acids is 1.